The predicted octanol–water partition coefficient (Wildman–Crippen LogP) is 7.75. The standard InChI is InChI=1S/C22H28OS.5FH/c1-2-6-18-9-13-20(14-10-18)21-15-11-19(12-16-21)17-23-24-22-7-4-3-5-8-22;;;;;/h3-5,7-8,11-12,15-16,18,20H,2,6,9-10,13-14,17H2,1H3;5*1H. The van der Waals surface area contributed by atoms with Gasteiger partial charge in [0.25, 0.3) is 0 Å². The van der Waals surface area contributed by atoms with E-state index in [1.54, 1.807) is 0 Å². The molecule has 1 aliphatic rings. The Hall–Kier alpha value is -1.60. The molecule has 3 rings (SSSR count). The van der Waals surface area contributed by atoms with Gasteiger partial charge < -0.3 is 4.18 Å². The normalized spacial score (nSPS) is 17.3. The van der Waals surface area contributed by atoms with Crippen molar-refractivity contribution >= 4 is 12.0 Å². The molecular weight excluding hydrogens is 407 g/mol. The first-order valence-electron chi connectivity index (χ1n) is 9.28. The van der Waals surface area contributed by atoms with Crippen molar-refractivity contribution in [3.8, 4) is 0 Å². The molecule has 0 radical (unpaired) electrons. The molecule has 0 N–H and O–H groups in total. The van der Waals surface area contributed by atoms with Gasteiger partial charge in [-0.25, -0.2) is 0 Å². The fourth-order valence-electron chi connectivity index (χ4n) is 3.72. The minimum absolute atomic E-state index is 0. The summed E-state index contributed by atoms with van der Waals surface area (Å²) < 4.78 is 5.75. The summed E-state index contributed by atoms with van der Waals surface area (Å²) in [5.41, 5.74) is 2.77. The molecule has 0 atom stereocenters. The molecule has 0 amide bonds. The molecule has 168 valence electrons. The van der Waals surface area contributed by atoms with Gasteiger partial charge in [0.15, 0.2) is 0 Å². The highest BCUT2D eigenvalue weighted by molar-refractivity contribution is 7.94. The van der Waals surface area contributed by atoms with Crippen LogP contribution in [0.5, 0.6) is 0 Å². The van der Waals surface area contributed by atoms with Crippen LogP contribution in [-0.2, 0) is 10.8 Å². The van der Waals surface area contributed by atoms with Gasteiger partial charge in [-0.05, 0) is 60.8 Å². The van der Waals surface area contributed by atoms with Crippen LogP contribution >= 0.6 is 12.0 Å². The summed E-state index contributed by atoms with van der Waals surface area (Å²) in [6.45, 7) is 2.96. The summed E-state index contributed by atoms with van der Waals surface area (Å²) in [4.78, 5) is 1.15. The van der Waals surface area contributed by atoms with Crippen molar-refractivity contribution < 1.29 is 27.7 Å². The fraction of sp³-hybridized carbons (Fsp3) is 0.455. The molecule has 0 unspecified atom stereocenters. The minimum Gasteiger partial charge on any atom is -0.305 e. The van der Waals surface area contributed by atoms with Gasteiger partial charge >= 0.3 is 0 Å². The van der Waals surface area contributed by atoms with Crippen LogP contribution in [-0.4, -0.2) is 0 Å². The summed E-state index contributed by atoms with van der Waals surface area (Å²) in [6, 6.07) is 19.3. The first kappa shape index (κ1) is 32.1. The van der Waals surface area contributed by atoms with Gasteiger partial charge in [-0.2, -0.15) is 0 Å². The van der Waals surface area contributed by atoms with E-state index >= 15 is 0 Å². The highest BCUT2D eigenvalue weighted by atomic mass is 32.2. The zero-order chi connectivity index (χ0) is 16.6. The zero-order valence-corrected chi connectivity index (χ0v) is 17.5. The van der Waals surface area contributed by atoms with Crippen molar-refractivity contribution in [2.24, 2.45) is 5.92 Å². The maximum Gasteiger partial charge on any atom is 0.0869 e. The van der Waals surface area contributed by atoms with Crippen LogP contribution in [0.2, 0.25) is 0 Å². The van der Waals surface area contributed by atoms with Gasteiger partial charge in [0, 0.05) is 16.9 Å². The van der Waals surface area contributed by atoms with Crippen LogP contribution in [0, 0.1) is 5.92 Å². The Morgan fingerprint density at radius 2 is 1.38 bits per heavy atom. The second-order valence-corrected chi connectivity index (χ2v) is 7.78. The Labute approximate surface area is 174 Å². The van der Waals surface area contributed by atoms with E-state index in [0.29, 0.717) is 6.61 Å². The van der Waals surface area contributed by atoms with Crippen LogP contribution in [0.1, 0.15) is 62.5 Å². The lowest BCUT2D eigenvalue weighted by molar-refractivity contribution is 0.308. The minimum atomic E-state index is 0. The molecule has 0 bridgehead atoms. The molecule has 1 fully saturated rings. The number of halogens is 5. The molecule has 0 heterocycles. The second-order valence-electron chi connectivity index (χ2n) is 6.91. The van der Waals surface area contributed by atoms with Crippen LogP contribution in [0.25, 0.3) is 0 Å². The molecule has 7 heteroatoms. The van der Waals surface area contributed by atoms with E-state index in [2.05, 4.69) is 43.3 Å². The van der Waals surface area contributed by atoms with Gasteiger partial charge in [0.05, 0.1) is 6.61 Å². The van der Waals surface area contributed by atoms with E-state index in [9.17, 15) is 0 Å². The van der Waals surface area contributed by atoms with Crippen LogP contribution in [0.3, 0.4) is 0 Å². The molecule has 1 saturated carbocycles. The van der Waals surface area contributed by atoms with E-state index < -0.39 is 0 Å². The van der Waals surface area contributed by atoms with Gasteiger partial charge in [-0.1, -0.05) is 62.2 Å². The van der Waals surface area contributed by atoms with E-state index in [0.717, 1.165) is 16.7 Å². The monoisotopic (exact) mass is 440 g/mol. The lowest BCUT2D eigenvalue weighted by Gasteiger charge is -2.28. The van der Waals surface area contributed by atoms with E-state index in [4.69, 9.17) is 4.18 Å². The van der Waals surface area contributed by atoms with E-state index in [1.165, 1.54) is 61.7 Å². The Kier molecular flexibility index (Phi) is 19.1. The maximum atomic E-state index is 5.75. The molecule has 1 aliphatic carbocycles. The molecule has 1 nitrogen and oxygen atoms in total. The Bertz CT molecular complexity index is 604. The average molecular weight is 441 g/mol. The van der Waals surface area contributed by atoms with Crippen LogP contribution in [0.15, 0.2) is 59.5 Å². The summed E-state index contributed by atoms with van der Waals surface area (Å²) >= 11 is 1.45. The third-order valence-electron chi connectivity index (χ3n) is 5.12. The van der Waals surface area contributed by atoms with E-state index in [1.807, 2.05) is 18.2 Å². The van der Waals surface area contributed by atoms with E-state index in [-0.39, 0.29) is 23.5 Å². The number of benzene rings is 2. The Balaban J connectivity index is -0.00000135. The van der Waals surface area contributed by atoms with Gasteiger partial charge in [-0.15, -0.1) is 0 Å². The Morgan fingerprint density at radius 1 is 0.793 bits per heavy atom. The highest BCUT2D eigenvalue weighted by Crippen LogP contribution is 2.37. The average Bonchev–Trinajstić information content (AvgIpc) is 2.64. The van der Waals surface area contributed by atoms with Crippen molar-refractivity contribution in [1.82, 2.24) is 0 Å². The molecule has 29 heavy (non-hydrogen) atoms. The highest BCUT2D eigenvalue weighted by Gasteiger charge is 2.21. The largest absolute Gasteiger partial charge is 0.305 e. The van der Waals surface area contributed by atoms with Crippen molar-refractivity contribution in [1.29, 1.82) is 0 Å². The molecular formula is C22H33F5OS. The quantitative estimate of drug-likeness (QED) is 0.322. The predicted molar refractivity (Wildman–Crippen MR) is 116 cm³/mol. The zero-order valence-electron chi connectivity index (χ0n) is 16.7. The SMILES string of the molecule is CCCC1CCC(c2ccc(COSc3ccccc3)cc2)CC1.F.F.F.F.F. The molecule has 0 aliphatic heterocycles. The third kappa shape index (κ3) is 10.1. The summed E-state index contributed by atoms with van der Waals surface area (Å²) in [5.74, 6) is 1.75. The van der Waals surface area contributed by atoms with Gasteiger partial charge in [-0.3, -0.25) is 23.5 Å². The first-order chi connectivity index (χ1) is 11.8. The number of hydrogen-bond donors (Lipinski definition) is 0. The summed E-state index contributed by atoms with van der Waals surface area (Å²) in [6.07, 6.45) is 8.32. The third-order valence-corrected chi connectivity index (χ3v) is 5.82. The number of hydrogen-bond acceptors (Lipinski definition) is 2. The lowest BCUT2D eigenvalue weighted by atomic mass is 9.77. The topological polar surface area (TPSA) is 9.23 Å². The lowest BCUT2D eigenvalue weighted by Crippen LogP contribution is -2.13. The van der Waals surface area contributed by atoms with Crippen LogP contribution in [0.4, 0.5) is 23.5 Å². The Morgan fingerprint density at radius 3 is 1.93 bits per heavy atom. The molecule has 0 spiro atoms. The van der Waals surface area contributed by atoms with Crippen LogP contribution < -0.4 is 0 Å². The maximum absolute atomic E-state index is 5.75. The van der Waals surface area contributed by atoms with Crippen molar-refractivity contribution in [2.45, 2.75) is 62.9 Å². The molecule has 2 aromatic rings. The van der Waals surface area contributed by atoms with Crippen molar-refractivity contribution in [3.05, 3.63) is 65.7 Å². The second kappa shape index (κ2) is 17.3. The van der Waals surface area contributed by atoms with Gasteiger partial charge in [0.2, 0.25) is 0 Å². The van der Waals surface area contributed by atoms with Crippen molar-refractivity contribution in [2.75, 3.05) is 0 Å². The van der Waals surface area contributed by atoms with Gasteiger partial charge in [0.1, 0.15) is 0 Å². The molecule has 0 saturated heterocycles. The first-order valence-corrected chi connectivity index (χ1v) is 10.0. The molecule has 0 aromatic heterocycles. The molecule has 2 aromatic carbocycles. The van der Waals surface area contributed by atoms with Crippen molar-refractivity contribution in [3.63, 3.8) is 0 Å². The summed E-state index contributed by atoms with van der Waals surface area (Å²) in [7, 11) is 0. The fourth-order valence-corrected chi connectivity index (χ4v) is 4.32. The smallest absolute Gasteiger partial charge is 0.0869 e. The number of rotatable bonds is 7. The summed E-state index contributed by atoms with van der Waals surface area (Å²) in [5, 5.41) is 0.